The predicted octanol–water partition coefficient (Wildman–Crippen LogP) is 3.83. The predicted molar refractivity (Wildman–Crippen MR) is 112 cm³/mol. The lowest BCUT2D eigenvalue weighted by Crippen LogP contribution is -2.40. The fourth-order valence-electron chi connectivity index (χ4n) is 4.52. The van der Waals surface area contributed by atoms with E-state index in [9.17, 15) is 0 Å². The van der Waals surface area contributed by atoms with Crippen LogP contribution >= 0.6 is 0 Å². The molecule has 1 saturated heterocycles. The minimum atomic E-state index is -0.0491. The van der Waals surface area contributed by atoms with Crippen molar-refractivity contribution in [3.63, 3.8) is 0 Å². The lowest BCUT2D eigenvalue weighted by atomic mass is 9.80. The van der Waals surface area contributed by atoms with Crippen LogP contribution in [0.5, 0.6) is 5.75 Å². The number of hydrogen-bond acceptors (Lipinski definition) is 5. The number of ether oxygens (including phenoxy) is 2. The van der Waals surface area contributed by atoms with Crippen molar-refractivity contribution in [3.8, 4) is 17.1 Å². The molecule has 0 saturated carbocycles. The quantitative estimate of drug-likeness (QED) is 0.681. The van der Waals surface area contributed by atoms with E-state index in [0.717, 1.165) is 55.4 Å². The summed E-state index contributed by atoms with van der Waals surface area (Å²) in [6, 6.07) is 18.6. The van der Waals surface area contributed by atoms with Crippen LogP contribution in [0.4, 0.5) is 0 Å². The van der Waals surface area contributed by atoms with Crippen LogP contribution < -0.4 is 4.74 Å². The summed E-state index contributed by atoms with van der Waals surface area (Å²) >= 11 is 0. The van der Waals surface area contributed by atoms with Crippen molar-refractivity contribution in [1.82, 2.24) is 14.9 Å². The van der Waals surface area contributed by atoms with Crippen molar-refractivity contribution >= 4 is 0 Å². The zero-order valence-corrected chi connectivity index (χ0v) is 16.7. The van der Waals surface area contributed by atoms with Gasteiger partial charge in [0.1, 0.15) is 5.75 Å². The molecular weight excluding hydrogens is 362 g/mol. The Labute approximate surface area is 171 Å². The Balaban J connectivity index is 1.40. The van der Waals surface area contributed by atoms with Crippen molar-refractivity contribution in [1.29, 1.82) is 0 Å². The molecule has 148 valence electrons. The Morgan fingerprint density at radius 1 is 1.10 bits per heavy atom. The third-order valence-electron chi connectivity index (χ3n) is 6.03. The summed E-state index contributed by atoms with van der Waals surface area (Å²) in [7, 11) is 1.70. The van der Waals surface area contributed by atoms with Crippen molar-refractivity contribution in [2.24, 2.45) is 0 Å². The first-order valence-corrected chi connectivity index (χ1v) is 10.1. The number of aromatic nitrogens is 2. The average molecular weight is 387 g/mol. The molecule has 1 fully saturated rings. The molecule has 5 rings (SSSR count). The molecule has 0 aliphatic carbocycles. The standard InChI is InChI=1S/C24H25N3O2/c1-28-21-9-7-18(8-10-21)14-27-12-11-24(16-27)17-29-15-20-13-25-23(26-22(20)24)19-5-3-2-4-6-19/h2-10,13H,11-12,14-17H2,1H3/t24-/m1/s1. The molecule has 3 heterocycles. The van der Waals surface area contributed by atoms with Gasteiger partial charge in [-0.15, -0.1) is 0 Å². The zero-order valence-electron chi connectivity index (χ0n) is 16.7. The minimum Gasteiger partial charge on any atom is -0.497 e. The van der Waals surface area contributed by atoms with Crippen LogP contribution in [0.2, 0.25) is 0 Å². The highest BCUT2D eigenvalue weighted by atomic mass is 16.5. The van der Waals surface area contributed by atoms with Crippen molar-refractivity contribution in [2.75, 3.05) is 26.8 Å². The van der Waals surface area contributed by atoms with Gasteiger partial charge in [-0.3, -0.25) is 4.90 Å². The Morgan fingerprint density at radius 2 is 1.93 bits per heavy atom. The zero-order chi connectivity index (χ0) is 19.7. The highest BCUT2D eigenvalue weighted by molar-refractivity contribution is 5.55. The highest BCUT2D eigenvalue weighted by Crippen LogP contribution is 2.40. The van der Waals surface area contributed by atoms with Gasteiger partial charge in [-0.1, -0.05) is 42.5 Å². The van der Waals surface area contributed by atoms with Gasteiger partial charge in [0.05, 0.1) is 31.4 Å². The smallest absolute Gasteiger partial charge is 0.159 e. The van der Waals surface area contributed by atoms with Crippen molar-refractivity contribution in [3.05, 3.63) is 77.6 Å². The summed E-state index contributed by atoms with van der Waals surface area (Å²) in [5.41, 5.74) is 4.61. The summed E-state index contributed by atoms with van der Waals surface area (Å²) < 4.78 is 11.3. The van der Waals surface area contributed by atoms with Crippen LogP contribution in [0, 0.1) is 0 Å². The summed E-state index contributed by atoms with van der Waals surface area (Å²) in [6.07, 6.45) is 3.01. The maximum Gasteiger partial charge on any atom is 0.159 e. The summed E-state index contributed by atoms with van der Waals surface area (Å²) in [5.74, 6) is 1.70. The van der Waals surface area contributed by atoms with Crippen molar-refractivity contribution < 1.29 is 9.47 Å². The van der Waals surface area contributed by atoms with E-state index in [2.05, 4.69) is 34.1 Å². The lowest BCUT2D eigenvalue weighted by Gasteiger charge is -2.34. The molecule has 0 radical (unpaired) electrons. The molecule has 1 atom stereocenters. The molecule has 0 amide bonds. The Kier molecular flexibility index (Phi) is 4.78. The van der Waals surface area contributed by atoms with Gasteiger partial charge in [-0.05, 0) is 30.7 Å². The van der Waals surface area contributed by atoms with E-state index in [-0.39, 0.29) is 5.41 Å². The Morgan fingerprint density at radius 3 is 2.72 bits per heavy atom. The molecule has 3 aromatic rings. The van der Waals surface area contributed by atoms with Gasteiger partial charge in [0, 0.05) is 30.4 Å². The number of likely N-dealkylation sites (tertiary alicyclic amines) is 1. The van der Waals surface area contributed by atoms with Crippen LogP contribution in [-0.4, -0.2) is 41.7 Å². The number of methoxy groups -OCH3 is 1. The normalized spacial score (nSPS) is 21.3. The SMILES string of the molecule is COc1ccc(CN2CC[C@]3(COCc4cnc(-c5ccccc5)nc43)C2)cc1. The van der Waals surface area contributed by atoms with Gasteiger partial charge in [-0.25, -0.2) is 9.97 Å². The third kappa shape index (κ3) is 3.52. The van der Waals surface area contributed by atoms with E-state index in [0.29, 0.717) is 6.61 Å². The monoisotopic (exact) mass is 387 g/mol. The second-order valence-corrected chi connectivity index (χ2v) is 8.02. The molecule has 1 spiro atoms. The third-order valence-corrected chi connectivity index (χ3v) is 6.03. The molecule has 5 nitrogen and oxygen atoms in total. The first kappa shape index (κ1) is 18.3. The van der Waals surface area contributed by atoms with Crippen LogP contribution in [0.1, 0.15) is 23.2 Å². The second kappa shape index (κ2) is 7.58. The average Bonchev–Trinajstić information content (AvgIpc) is 3.18. The molecule has 0 bridgehead atoms. The Hall–Kier alpha value is -2.76. The second-order valence-electron chi connectivity index (χ2n) is 8.02. The van der Waals surface area contributed by atoms with Gasteiger partial charge in [0.15, 0.2) is 5.82 Å². The Bertz CT molecular complexity index is 991. The van der Waals surface area contributed by atoms with Gasteiger partial charge in [-0.2, -0.15) is 0 Å². The van der Waals surface area contributed by atoms with E-state index in [4.69, 9.17) is 14.5 Å². The molecule has 2 aliphatic heterocycles. The largest absolute Gasteiger partial charge is 0.497 e. The lowest BCUT2D eigenvalue weighted by molar-refractivity contribution is 0.0503. The number of nitrogens with zero attached hydrogens (tertiary/aromatic N) is 3. The van der Waals surface area contributed by atoms with Gasteiger partial charge in [0.2, 0.25) is 0 Å². The van der Waals surface area contributed by atoms with E-state index in [1.54, 1.807) is 7.11 Å². The molecule has 29 heavy (non-hydrogen) atoms. The molecule has 2 aromatic carbocycles. The molecule has 5 heteroatoms. The fourth-order valence-corrected chi connectivity index (χ4v) is 4.52. The number of rotatable bonds is 4. The van der Waals surface area contributed by atoms with E-state index < -0.39 is 0 Å². The summed E-state index contributed by atoms with van der Waals surface area (Å²) in [4.78, 5) is 12.2. The van der Waals surface area contributed by atoms with Gasteiger partial charge in [0.25, 0.3) is 0 Å². The fraction of sp³-hybridized carbons (Fsp3) is 0.333. The van der Waals surface area contributed by atoms with Crippen molar-refractivity contribution in [2.45, 2.75) is 25.0 Å². The van der Waals surface area contributed by atoms with Crippen LogP contribution in [0.3, 0.4) is 0 Å². The number of hydrogen-bond donors (Lipinski definition) is 0. The molecule has 2 aliphatic rings. The topological polar surface area (TPSA) is 47.5 Å². The summed E-state index contributed by atoms with van der Waals surface area (Å²) in [5, 5.41) is 0. The maximum atomic E-state index is 5.98. The number of fused-ring (bicyclic) bond motifs is 2. The van der Waals surface area contributed by atoms with Gasteiger partial charge < -0.3 is 9.47 Å². The van der Waals surface area contributed by atoms with E-state index in [1.165, 1.54) is 11.3 Å². The molecule has 1 aromatic heterocycles. The highest BCUT2D eigenvalue weighted by Gasteiger charge is 2.44. The molecule has 0 unspecified atom stereocenters. The van der Waals surface area contributed by atoms with Gasteiger partial charge >= 0.3 is 0 Å². The number of benzene rings is 2. The molecule has 0 N–H and O–H groups in total. The van der Waals surface area contributed by atoms with E-state index in [1.807, 2.05) is 36.5 Å². The maximum absolute atomic E-state index is 5.98. The van der Waals surface area contributed by atoms with Crippen LogP contribution in [-0.2, 0) is 23.3 Å². The summed E-state index contributed by atoms with van der Waals surface area (Å²) in [6.45, 7) is 4.25. The molecular formula is C24H25N3O2. The first-order valence-electron chi connectivity index (χ1n) is 10.1. The van der Waals surface area contributed by atoms with Crippen LogP contribution in [0.25, 0.3) is 11.4 Å². The van der Waals surface area contributed by atoms with E-state index >= 15 is 0 Å². The van der Waals surface area contributed by atoms with Crippen LogP contribution in [0.15, 0.2) is 60.8 Å². The first-order chi connectivity index (χ1) is 14.3. The minimum absolute atomic E-state index is 0.0491.